The lowest BCUT2D eigenvalue weighted by atomic mass is 9.97. The first kappa shape index (κ1) is 53.9. The number of unbranched alkanes of at least 4 members (excludes halogenated alkanes) is 18. The number of hydrogen-bond acceptors (Lipinski definition) is 12. The van der Waals surface area contributed by atoms with E-state index in [9.17, 15) is 50.4 Å². The van der Waals surface area contributed by atoms with Crippen LogP contribution in [0.2, 0.25) is 0 Å². The molecule has 0 aromatic rings. The van der Waals surface area contributed by atoms with Gasteiger partial charge in [-0.2, -0.15) is 0 Å². The number of rotatable bonds is 40. The van der Waals surface area contributed by atoms with E-state index in [1.54, 1.807) is 0 Å². The summed E-state index contributed by atoms with van der Waals surface area (Å²) < 4.78 is 0.601. The first-order valence-electron chi connectivity index (χ1n) is 21.9. The van der Waals surface area contributed by atoms with Crippen LogP contribution < -0.4 is 0 Å². The van der Waals surface area contributed by atoms with Crippen LogP contribution in [-0.2, 0) is 9.59 Å². The molecule has 55 heavy (non-hydrogen) atoms. The molecule has 0 rings (SSSR count). The summed E-state index contributed by atoms with van der Waals surface area (Å²) in [6.07, 6.45) is 9.04. The Balaban J connectivity index is 5.74. The number of aliphatic hydroxyl groups excluding tert-OH is 10. The maximum Gasteiger partial charge on any atom is 0.164 e. The quantitative estimate of drug-likeness (QED) is 0.0318. The van der Waals surface area contributed by atoms with E-state index in [1.807, 2.05) is 0 Å². The normalized spacial score (nSPS) is 16.7. The summed E-state index contributed by atoms with van der Waals surface area (Å²) in [4.78, 5) is 25.8. The van der Waals surface area contributed by atoms with Crippen molar-refractivity contribution in [3.05, 3.63) is 0 Å². The smallest absolute Gasteiger partial charge is 0.164 e. The van der Waals surface area contributed by atoms with Crippen molar-refractivity contribution < 1.29 is 65.1 Å². The molecule has 0 unspecified atom stereocenters. The van der Waals surface area contributed by atoms with Gasteiger partial charge in [-0.3, -0.25) is 9.59 Å². The van der Waals surface area contributed by atoms with Crippen molar-refractivity contribution in [1.82, 2.24) is 0 Å². The third kappa shape index (κ3) is 24.4. The molecule has 0 bridgehead atoms. The molecule has 0 aliphatic rings. The number of aliphatic hydroxyl groups is 10. The largest absolute Gasteiger partial charge is 0.394 e. The van der Waals surface area contributed by atoms with E-state index >= 15 is 0 Å². The van der Waals surface area contributed by atoms with Gasteiger partial charge >= 0.3 is 0 Å². The zero-order valence-corrected chi connectivity index (χ0v) is 34.6. The Bertz CT molecular complexity index is 855. The minimum absolute atomic E-state index is 0.0921. The van der Waals surface area contributed by atoms with Gasteiger partial charge in [0.2, 0.25) is 0 Å². The third-order valence-corrected chi connectivity index (χ3v) is 11.3. The van der Waals surface area contributed by atoms with Crippen LogP contribution in [0.4, 0.5) is 0 Å². The molecule has 0 aliphatic heterocycles. The zero-order chi connectivity index (χ0) is 41.5. The molecule has 0 aliphatic carbocycles. The first-order valence-corrected chi connectivity index (χ1v) is 21.9. The van der Waals surface area contributed by atoms with Gasteiger partial charge in [0, 0.05) is 25.7 Å². The molecular formula is C42H84NO12+. The fraction of sp³-hybridized carbons (Fsp3) is 0.952. The van der Waals surface area contributed by atoms with Gasteiger partial charge < -0.3 is 55.5 Å². The second-order valence-corrected chi connectivity index (χ2v) is 16.1. The Kier molecular flexibility index (Phi) is 33.2. The molecule has 0 saturated carbocycles. The van der Waals surface area contributed by atoms with Crippen LogP contribution in [-0.4, -0.2) is 155 Å². The summed E-state index contributed by atoms with van der Waals surface area (Å²) >= 11 is 0. The Hall–Kier alpha value is -1.10. The summed E-state index contributed by atoms with van der Waals surface area (Å²) in [7, 11) is 0. The number of hydrogen-bond donors (Lipinski definition) is 10. The van der Waals surface area contributed by atoms with Crippen LogP contribution >= 0.6 is 0 Å². The fourth-order valence-corrected chi connectivity index (χ4v) is 7.44. The molecule has 13 heteroatoms. The summed E-state index contributed by atoms with van der Waals surface area (Å²) in [5, 5.41) is 99.0. The Morgan fingerprint density at radius 3 is 0.909 bits per heavy atom. The number of ketones is 2. The van der Waals surface area contributed by atoms with Crippen molar-refractivity contribution in [3.63, 3.8) is 0 Å². The number of carbonyl (C=O) groups excluding carboxylic acids is 2. The lowest BCUT2D eigenvalue weighted by molar-refractivity contribution is -0.929. The van der Waals surface area contributed by atoms with Crippen LogP contribution in [0, 0.1) is 0 Å². The number of carbonyl (C=O) groups is 2. The van der Waals surface area contributed by atoms with Gasteiger partial charge in [0.05, 0.1) is 39.4 Å². The van der Waals surface area contributed by atoms with Crippen LogP contribution in [0.3, 0.4) is 0 Å². The van der Waals surface area contributed by atoms with Gasteiger partial charge in [0.1, 0.15) is 48.8 Å². The third-order valence-electron chi connectivity index (χ3n) is 11.3. The SMILES string of the molecule is CCCCCCCCCCCC[N+](CCCCCCCCCCCC)(CCCC(=O)[C@H](O)[C@@H](O)[C@H](O)[C@H](O)CO)CCCC(=O)[C@H](O)[C@@H](O)[C@H](O)[C@H](O)CO. The topological polar surface area (TPSA) is 236 Å². The first-order chi connectivity index (χ1) is 26.3. The van der Waals surface area contributed by atoms with Crippen molar-refractivity contribution in [3.8, 4) is 0 Å². The van der Waals surface area contributed by atoms with Gasteiger partial charge in [-0.1, -0.05) is 117 Å². The highest BCUT2D eigenvalue weighted by atomic mass is 16.4. The molecule has 0 spiro atoms. The molecule has 0 heterocycles. The molecule has 13 nitrogen and oxygen atoms in total. The van der Waals surface area contributed by atoms with Crippen LogP contribution in [0.1, 0.15) is 168 Å². The van der Waals surface area contributed by atoms with Crippen molar-refractivity contribution in [2.24, 2.45) is 0 Å². The van der Waals surface area contributed by atoms with Gasteiger partial charge in [0.15, 0.2) is 11.6 Å². The number of quaternary nitrogens is 1. The van der Waals surface area contributed by atoms with Gasteiger partial charge in [-0.25, -0.2) is 0 Å². The summed E-state index contributed by atoms with van der Waals surface area (Å²) in [5.41, 5.74) is 0. The molecule has 328 valence electrons. The van der Waals surface area contributed by atoms with Crippen molar-refractivity contribution in [2.75, 3.05) is 39.4 Å². The monoisotopic (exact) mass is 795 g/mol. The van der Waals surface area contributed by atoms with E-state index < -0.39 is 73.6 Å². The van der Waals surface area contributed by atoms with Crippen LogP contribution in [0.25, 0.3) is 0 Å². The van der Waals surface area contributed by atoms with Gasteiger partial charge in [-0.15, -0.1) is 0 Å². The van der Waals surface area contributed by atoms with Crippen LogP contribution in [0.15, 0.2) is 0 Å². The van der Waals surface area contributed by atoms with Crippen LogP contribution in [0.5, 0.6) is 0 Å². The van der Waals surface area contributed by atoms with Gasteiger partial charge in [-0.05, 0) is 25.7 Å². The predicted molar refractivity (Wildman–Crippen MR) is 214 cm³/mol. The molecule has 0 amide bonds. The number of Topliss-reactive ketones (excluding diaryl/α,β-unsaturated/α-hetero) is 2. The van der Waals surface area contributed by atoms with Crippen molar-refractivity contribution >= 4 is 11.6 Å². The number of nitrogens with zero attached hydrogens (tertiary/aromatic N) is 1. The average Bonchev–Trinajstić information content (AvgIpc) is 3.19. The average molecular weight is 795 g/mol. The molecule has 0 aromatic carbocycles. The van der Waals surface area contributed by atoms with E-state index in [0.717, 1.165) is 51.6 Å². The maximum absolute atomic E-state index is 12.9. The van der Waals surface area contributed by atoms with E-state index in [0.29, 0.717) is 30.4 Å². The highest BCUT2D eigenvalue weighted by molar-refractivity contribution is 5.83. The standard InChI is InChI=1S/C42H84NO12/c1-3-5-7-9-11-13-15-17-19-21-27-43(28-22-20-18-16-14-12-10-8-6-4-2,29-23-25-33(46)37(50)41(54)39(52)35(48)31-44)30-24-26-34(47)38(51)42(55)40(53)36(49)32-45/h35-42,44-45,48-55H,3-32H2,1-2H3/q+1/t35-,36-,37+,38+,39-,40-,41-,42-/m1/s1. The minimum atomic E-state index is -1.96. The molecule has 0 radical (unpaired) electrons. The highest BCUT2D eigenvalue weighted by Gasteiger charge is 2.36. The predicted octanol–water partition coefficient (Wildman–Crippen LogP) is 3.22. The maximum atomic E-state index is 12.9. The molecule has 0 fully saturated rings. The Morgan fingerprint density at radius 2 is 0.636 bits per heavy atom. The Labute approximate surface area is 332 Å². The minimum Gasteiger partial charge on any atom is -0.394 e. The van der Waals surface area contributed by atoms with E-state index in [4.69, 9.17) is 10.2 Å². The lowest BCUT2D eigenvalue weighted by Crippen LogP contribution is -2.52. The second kappa shape index (κ2) is 33.8. The van der Waals surface area contributed by atoms with Crippen molar-refractivity contribution in [1.29, 1.82) is 0 Å². The van der Waals surface area contributed by atoms with E-state index in [-0.39, 0.29) is 12.8 Å². The Morgan fingerprint density at radius 1 is 0.382 bits per heavy atom. The highest BCUT2D eigenvalue weighted by Crippen LogP contribution is 2.21. The van der Waals surface area contributed by atoms with E-state index in [1.165, 1.54) is 89.9 Å². The van der Waals surface area contributed by atoms with Crippen molar-refractivity contribution in [2.45, 2.75) is 217 Å². The summed E-state index contributed by atoms with van der Waals surface area (Å²) in [5.74, 6) is -1.38. The van der Waals surface area contributed by atoms with E-state index in [2.05, 4.69) is 13.8 Å². The summed E-state index contributed by atoms with van der Waals surface area (Å²) in [6.45, 7) is 5.43. The fourth-order valence-electron chi connectivity index (χ4n) is 7.44. The second-order valence-electron chi connectivity index (χ2n) is 16.1. The summed E-state index contributed by atoms with van der Waals surface area (Å²) in [6, 6.07) is 0. The molecule has 10 N–H and O–H groups in total. The zero-order valence-electron chi connectivity index (χ0n) is 34.6. The lowest BCUT2D eigenvalue weighted by Gasteiger charge is -2.40. The molecule has 8 atom stereocenters. The molecule has 0 saturated heterocycles. The van der Waals surface area contributed by atoms with Gasteiger partial charge in [0.25, 0.3) is 0 Å². The molecular weight excluding hydrogens is 710 g/mol. The molecule has 0 aromatic heterocycles.